The number of benzene rings is 2. The number of hydrogen-bond acceptors (Lipinski definition) is 5. The fourth-order valence-electron chi connectivity index (χ4n) is 5.35. The van der Waals surface area contributed by atoms with Crippen molar-refractivity contribution in [3.63, 3.8) is 0 Å². The first-order valence-electron chi connectivity index (χ1n) is 12.9. The molecule has 0 bridgehead atoms. The summed E-state index contributed by atoms with van der Waals surface area (Å²) in [6.45, 7) is 16.3. The molecule has 1 amide bonds. The van der Waals surface area contributed by atoms with Crippen LogP contribution in [0, 0.1) is 6.92 Å². The molecule has 0 spiro atoms. The van der Waals surface area contributed by atoms with E-state index >= 15 is 0 Å². The third-order valence-electron chi connectivity index (χ3n) is 8.03. The maximum absolute atomic E-state index is 13.4. The Bertz CT molecular complexity index is 1090. The number of aryl methyl sites for hydroxylation is 1. The van der Waals surface area contributed by atoms with Crippen LogP contribution in [-0.2, 0) is 19.6 Å². The summed E-state index contributed by atoms with van der Waals surface area (Å²) in [6, 6.07) is 15.8. The number of cyclic esters (lactones) is 1. The van der Waals surface area contributed by atoms with Crippen LogP contribution in [0.4, 0.5) is 4.79 Å². The number of amides is 1. The van der Waals surface area contributed by atoms with Crippen molar-refractivity contribution in [1.29, 1.82) is 0 Å². The van der Waals surface area contributed by atoms with E-state index in [2.05, 4.69) is 19.1 Å². The standard InChI is InChI=1S/C29H40BNO5/c1-20-18-23(30-35-27(5,6)28(7,8)36-30)14-15-24(20)21(2)31-17-16-29(34-25(31)32,19-26(3,4)33)22-12-10-9-11-13-22/h9-15,18,21,33H,16-17,19H2,1-8H3/t21-,29?/m0/s1. The van der Waals surface area contributed by atoms with Gasteiger partial charge < -0.3 is 24.1 Å². The highest BCUT2D eigenvalue weighted by Crippen LogP contribution is 2.42. The van der Waals surface area contributed by atoms with Gasteiger partial charge >= 0.3 is 13.2 Å². The molecule has 6 nitrogen and oxygen atoms in total. The van der Waals surface area contributed by atoms with Crippen molar-refractivity contribution in [1.82, 2.24) is 4.90 Å². The number of aliphatic hydroxyl groups is 1. The lowest BCUT2D eigenvalue weighted by Crippen LogP contribution is -2.51. The van der Waals surface area contributed by atoms with Gasteiger partial charge in [-0.05, 0) is 77.5 Å². The van der Waals surface area contributed by atoms with Crippen molar-refractivity contribution < 1.29 is 23.9 Å². The molecule has 0 aliphatic carbocycles. The van der Waals surface area contributed by atoms with E-state index in [1.54, 1.807) is 18.7 Å². The summed E-state index contributed by atoms with van der Waals surface area (Å²) in [6.07, 6.45) is 0.568. The molecule has 7 heteroatoms. The molecule has 2 aromatic carbocycles. The van der Waals surface area contributed by atoms with Gasteiger partial charge in [-0.1, -0.05) is 48.5 Å². The van der Waals surface area contributed by atoms with Gasteiger partial charge in [0.1, 0.15) is 5.60 Å². The predicted molar refractivity (Wildman–Crippen MR) is 142 cm³/mol. The Hall–Kier alpha value is -2.35. The molecular formula is C29H40BNO5. The van der Waals surface area contributed by atoms with Crippen molar-refractivity contribution in [3.05, 3.63) is 65.2 Å². The maximum atomic E-state index is 13.4. The second-order valence-corrected chi connectivity index (χ2v) is 12.0. The van der Waals surface area contributed by atoms with E-state index in [0.29, 0.717) is 19.4 Å². The molecule has 2 aliphatic heterocycles. The minimum Gasteiger partial charge on any atom is -0.438 e. The Morgan fingerprint density at radius 2 is 1.67 bits per heavy atom. The van der Waals surface area contributed by atoms with Crippen molar-refractivity contribution >= 4 is 18.7 Å². The number of nitrogens with zero attached hydrogens (tertiary/aromatic N) is 1. The molecule has 0 aromatic heterocycles. The molecule has 0 radical (unpaired) electrons. The number of hydrogen-bond donors (Lipinski definition) is 1. The van der Waals surface area contributed by atoms with E-state index in [1.165, 1.54) is 0 Å². The Morgan fingerprint density at radius 1 is 1.06 bits per heavy atom. The summed E-state index contributed by atoms with van der Waals surface area (Å²) in [7, 11) is -0.425. The van der Waals surface area contributed by atoms with Crippen LogP contribution in [0.2, 0.25) is 0 Å². The van der Waals surface area contributed by atoms with Gasteiger partial charge in [0.15, 0.2) is 0 Å². The first-order valence-corrected chi connectivity index (χ1v) is 12.9. The molecule has 4 rings (SSSR count). The second-order valence-electron chi connectivity index (χ2n) is 12.0. The lowest BCUT2D eigenvalue weighted by molar-refractivity contribution is -0.101. The normalized spacial score (nSPS) is 24.5. The summed E-state index contributed by atoms with van der Waals surface area (Å²) in [5, 5.41) is 10.6. The maximum Gasteiger partial charge on any atom is 0.494 e. The van der Waals surface area contributed by atoms with Crippen molar-refractivity contribution in [2.45, 2.75) is 96.7 Å². The molecule has 2 fully saturated rings. The highest BCUT2D eigenvalue weighted by atomic mass is 16.7. The summed E-state index contributed by atoms with van der Waals surface area (Å²) in [4.78, 5) is 15.2. The lowest BCUT2D eigenvalue weighted by Gasteiger charge is -2.45. The summed E-state index contributed by atoms with van der Waals surface area (Å²) < 4.78 is 18.6. The van der Waals surface area contributed by atoms with Crippen LogP contribution in [0.15, 0.2) is 48.5 Å². The molecule has 2 heterocycles. The van der Waals surface area contributed by atoms with Crippen LogP contribution in [-0.4, -0.2) is 46.6 Å². The van der Waals surface area contributed by atoms with Crippen LogP contribution >= 0.6 is 0 Å². The zero-order valence-electron chi connectivity index (χ0n) is 22.9. The van der Waals surface area contributed by atoms with E-state index in [4.69, 9.17) is 14.0 Å². The number of rotatable bonds is 6. The molecule has 1 N–H and O–H groups in total. The van der Waals surface area contributed by atoms with E-state index in [1.807, 2.05) is 71.0 Å². The molecular weight excluding hydrogens is 453 g/mol. The van der Waals surface area contributed by atoms with Gasteiger partial charge in [-0.2, -0.15) is 0 Å². The number of carbonyl (C=O) groups is 1. The third-order valence-corrected chi connectivity index (χ3v) is 8.03. The minimum absolute atomic E-state index is 0.166. The van der Waals surface area contributed by atoms with Gasteiger partial charge in [-0.25, -0.2) is 4.79 Å². The quantitative estimate of drug-likeness (QED) is 0.557. The average molecular weight is 493 g/mol. The molecule has 2 aromatic rings. The predicted octanol–water partition coefficient (Wildman–Crippen LogP) is 5.25. The molecule has 1 unspecified atom stereocenters. The Kier molecular flexibility index (Phi) is 6.82. The zero-order valence-corrected chi connectivity index (χ0v) is 22.9. The van der Waals surface area contributed by atoms with Crippen molar-refractivity contribution in [2.75, 3.05) is 6.54 Å². The highest BCUT2D eigenvalue weighted by molar-refractivity contribution is 6.62. The van der Waals surface area contributed by atoms with Crippen LogP contribution in [0.25, 0.3) is 0 Å². The highest BCUT2D eigenvalue weighted by Gasteiger charge is 2.52. The molecule has 2 saturated heterocycles. The third kappa shape index (κ3) is 5.06. The van der Waals surface area contributed by atoms with Crippen molar-refractivity contribution in [2.24, 2.45) is 0 Å². The van der Waals surface area contributed by atoms with E-state index in [-0.39, 0.29) is 12.1 Å². The largest absolute Gasteiger partial charge is 0.494 e. The average Bonchev–Trinajstić information content (AvgIpc) is 3.00. The van der Waals surface area contributed by atoms with Gasteiger partial charge in [-0.15, -0.1) is 0 Å². The molecule has 194 valence electrons. The number of ether oxygens (including phenoxy) is 1. The lowest BCUT2D eigenvalue weighted by atomic mass is 9.77. The van der Waals surface area contributed by atoms with E-state index in [9.17, 15) is 9.90 Å². The zero-order chi connectivity index (χ0) is 26.5. The molecule has 36 heavy (non-hydrogen) atoms. The smallest absolute Gasteiger partial charge is 0.438 e. The van der Waals surface area contributed by atoms with Crippen molar-refractivity contribution in [3.8, 4) is 0 Å². The van der Waals surface area contributed by atoms with Gasteiger partial charge in [-0.3, -0.25) is 0 Å². The second kappa shape index (κ2) is 9.19. The van der Waals surface area contributed by atoms with E-state index < -0.39 is 29.5 Å². The first-order chi connectivity index (χ1) is 16.6. The number of carbonyl (C=O) groups excluding carboxylic acids is 1. The van der Waals surface area contributed by atoms with Crippen LogP contribution in [0.3, 0.4) is 0 Å². The van der Waals surface area contributed by atoms with Crippen LogP contribution in [0.1, 0.15) is 84.0 Å². The molecule has 2 aliphatic rings. The minimum atomic E-state index is -0.982. The first kappa shape index (κ1) is 26.7. The van der Waals surface area contributed by atoms with Gasteiger partial charge in [0, 0.05) is 19.4 Å². The fraction of sp³-hybridized carbons (Fsp3) is 0.552. The van der Waals surface area contributed by atoms with Gasteiger partial charge in [0.05, 0.1) is 22.8 Å². The summed E-state index contributed by atoms with van der Waals surface area (Å²) >= 11 is 0. The molecule has 2 atom stereocenters. The van der Waals surface area contributed by atoms with E-state index in [0.717, 1.165) is 22.2 Å². The Balaban J connectivity index is 1.54. The monoisotopic (exact) mass is 493 g/mol. The van der Waals surface area contributed by atoms with Crippen LogP contribution < -0.4 is 5.46 Å². The summed E-state index contributed by atoms with van der Waals surface area (Å²) in [5.41, 5.74) is 1.37. The Morgan fingerprint density at radius 3 is 2.19 bits per heavy atom. The Labute approximate surface area is 216 Å². The topological polar surface area (TPSA) is 68.2 Å². The SMILES string of the molecule is Cc1cc(B2OC(C)(C)C(C)(C)O2)ccc1[C@H](C)N1CCC(CC(C)(C)O)(c2ccccc2)OC1=O. The fourth-order valence-corrected chi connectivity index (χ4v) is 5.35. The van der Waals surface area contributed by atoms with Crippen LogP contribution in [0.5, 0.6) is 0 Å². The summed E-state index contributed by atoms with van der Waals surface area (Å²) in [5.74, 6) is 0. The molecule has 0 saturated carbocycles. The van der Waals surface area contributed by atoms with Gasteiger partial charge in [0.2, 0.25) is 0 Å². The van der Waals surface area contributed by atoms with Gasteiger partial charge in [0.25, 0.3) is 0 Å².